The van der Waals surface area contributed by atoms with Gasteiger partial charge in [-0.2, -0.15) is 4.31 Å². The Kier molecular flexibility index (Phi) is 2.80. The van der Waals surface area contributed by atoms with Crippen molar-refractivity contribution in [2.45, 2.75) is 44.2 Å². The van der Waals surface area contributed by atoms with Crippen LogP contribution < -0.4 is 0 Å². The summed E-state index contributed by atoms with van der Waals surface area (Å²) in [7, 11) is -3.26. The third-order valence-corrected chi connectivity index (χ3v) is 5.24. The second-order valence-corrected chi connectivity index (χ2v) is 6.21. The predicted molar refractivity (Wildman–Crippen MR) is 63.7 cm³/mol. The highest BCUT2D eigenvalue weighted by Gasteiger charge is 2.51. The Morgan fingerprint density at radius 2 is 1.81 bits per heavy atom. The summed E-state index contributed by atoms with van der Waals surface area (Å²) in [6.07, 6.45) is 0.881. The van der Waals surface area contributed by atoms with E-state index in [0.29, 0.717) is 4.90 Å². The van der Waals surface area contributed by atoms with Gasteiger partial charge in [0.05, 0.1) is 4.90 Å². The van der Waals surface area contributed by atoms with Crippen molar-refractivity contribution in [2.24, 2.45) is 0 Å². The monoisotopic (exact) mass is 239 g/mol. The van der Waals surface area contributed by atoms with Gasteiger partial charge in [-0.25, -0.2) is 8.42 Å². The van der Waals surface area contributed by atoms with Crippen LogP contribution in [0.4, 0.5) is 0 Å². The molecule has 1 unspecified atom stereocenters. The maximum Gasteiger partial charge on any atom is 0.243 e. The Hall–Kier alpha value is -0.870. The highest BCUT2D eigenvalue weighted by atomic mass is 32.2. The van der Waals surface area contributed by atoms with E-state index >= 15 is 0 Å². The molecule has 1 aromatic rings. The fraction of sp³-hybridized carbons (Fsp3) is 0.500. The van der Waals surface area contributed by atoms with Crippen LogP contribution in [-0.2, 0) is 10.0 Å². The standard InChI is InChI=1S/C12H17NO2S/c1-4-12-10(3)13(12)16(14,15)11-7-5-9(2)6-8-11/h5-8,10,12H,4H2,1-3H3/t10-,12+,13?/m0/s1. The maximum absolute atomic E-state index is 12.2. The van der Waals surface area contributed by atoms with Gasteiger partial charge in [-0.3, -0.25) is 0 Å². The van der Waals surface area contributed by atoms with Crippen LogP contribution >= 0.6 is 0 Å². The fourth-order valence-electron chi connectivity index (χ4n) is 2.13. The lowest BCUT2D eigenvalue weighted by Crippen LogP contribution is -2.15. The quantitative estimate of drug-likeness (QED) is 0.758. The molecular weight excluding hydrogens is 222 g/mol. The van der Waals surface area contributed by atoms with Crippen molar-refractivity contribution in [2.75, 3.05) is 0 Å². The first-order valence-corrected chi connectivity index (χ1v) is 7.02. The first-order valence-electron chi connectivity index (χ1n) is 5.58. The molecule has 3 atom stereocenters. The van der Waals surface area contributed by atoms with Gasteiger partial charge in [0.15, 0.2) is 0 Å². The van der Waals surface area contributed by atoms with Crippen LogP contribution in [0.5, 0.6) is 0 Å². The molecule has 1 heterocycles. The first kappa shape index (κ1) is 11.6. The molecule has 1 aliphatic rings. The predicted octanol–water partition coefficient (Wildman–Crippen LogP) is 2.17. The number of sulfonamides is 1. The molecule has 0 saturated carbocycles. The SMILES string of the molecule is CC[C@@H]1[C@H](C)N1S(=O)(=O)c1ccc(C)cc1. The van der Waals surface area contributed by atoms with Crippen molar-refractivity contribution >= 4 is 10.0 Å². The van der Waals surface area contributed by atoms with Crippen LogP contribution in [0, 0.1) is 6.92 Å². The fourth-order valence-corrected chi connectivity index (χ4v) is 4.06. The number of benzene rings is 1. The highest BCUT2D eigenvalue weighted by Crippen LogP contribution is 2.37. The van der Waals surface area contributed by atoms with Crippen LogP contribution in [0.1, 0.15) is 25.8 Å². The molecule has 0 amide bonds. The molecule has 88 valence electrons. The molecule has 1 fully saturated rings. The van der Waals surface area contributed by atoms with Crippen LogP contribution in [0.15, 0.2) is 29.2 Å². The van der Waals surface area contributed by atoms with Crippen molar-refractivity contribution < 1.29 is 8.42 Å². The number of hydrogen-bond acceptors (Lipinski definition) is 2. The second-order valence-electron chi connectivity index (χ2n) is 4.36. The Morgan fingerprint density at radius 1 is 1.25 bits per heavy atom. The summed E-state index contributed by atoms with van der Waals surface area (Å²) in [5, 5.41) is 0. The first-order chi connectivity index (χ1) is 7.48. The lowest BCUT2D eigenvalue weighted by Gasteiger charge is -2.06. The zero-order chi connectivity index (χ0) is 11.9. The van der Waals surface area contributed by atoms with E-state index in [0.717, 1.165) is 12.0 Å². The number of rotatable bonds is 3. The van der Waals surface area contributed by atoms with Crippen molar-refractivity contribution in [3.05, 3.63) is 29.8 Å². The number of aryl methyl sites for hydroxylation is 1. The molecule has 1 aliphatic heterocycles. The third kappa shape index (κ3) is 1.76. The Labute approximate surface area is 97.1 Å². The molecular formula is C12H17NO2S. The molecule has 1 aromatic carbocycles. The van der Waals surface area contributed by atoms with Crippen LogP contribution in [-0.4, -0.2) is 24.8 Å². The molecule has 0 spiro atoms. The van der Waals surface area contributed by atoms with E-state index in [4.69, 9.17) is 0 Å². The average molecular weight is 239 g/mol. The van der Waals surface area contributed by atoms with Gasteiger partial charge >= 0.3 is 0 Å². The van der Waals surface area contributed by atoms with E-state index in [1.165, 1.54) is 0 Å². The van der Waals surface area contributed by atoms with Crippen molar-refractivity contribution in [3.63, 3.8) is 0 Å². The molecule has 4 heteroatoms. The molecule has 0 bridgehead atoms. The normalized spacial score (nSPS) is 29.1. The summed E-state index contributed by atoms with van der Waals surface area (Å²) in [5.74, 6) is 0. The molecule has 0 aromatic heterocycles. The van der Waals surface area contributed by atoms with Gasteiger partial charge < -0.3 is 0 Å². The van der Waals surface area contributed by atoms with Crippen LogP contribution in [0.2, 0.25) is 0 Å². The van der Waals surface area contributed by atoms with E-state index in [2.05, 4.69) is 0 Å². The van der Waals surface area contributed by atoms with Gasteiger partial charge in [-0.1, -0.05) is 24.6 Å². The van der Waals surface area contributed by atoms with Gasteiger partial charge in [-0.05, 0) is 32.4 Å². The number of nitrogens with zero attached hydrogens (tertiary/aromatic N) is 1. The molecule has 0 aliphatic carbocycles. The van der Waals surface area contributed by atoms with Gasteiger partial charge in [0, 0.05) is 12.1 Å². The van der Waals surface area contributed by atoms with Gasteiger partial charge in [0.2, 0.25) is 10.0 Å². The Balaban J connectivity index is 2.31. The minimum Gasteiger partial charge on any atom is -0.207 e. The van der Waals surface area contributed by atoms with E-state index in [-0.39, 0.29) is 12.1 Å². The average Bonchev–Trinajstić information content (AvgIpc) is 2.90. The van der Waals surface area contributed by atoms with Gasteiger partial charge in [-0.15, -0.1) is 0 Å². The van der Waals surface area contributed by atoms with Crippen LogP contribution in [0.25, 0.3) is 0 Å². The highest BCUT2D eigenvalue weighted by molar-refractivity contribution is 7.89. The summed E-state index contributed by atoms with van der Waals surface area (Å²) in [6, 6.07) is 7.37. The minimum absolute atomic E-state index is 0.149. The maximum atomic E-state index is 12.2. The Bertz CT molecular complexity index is 478. The zero-order valence-electron chi connectivity index (χ0n) is 9.84. The van der Waals surface area contributed by atoms with Gasteiger partial charge in [0.1, 0.15) is 0 Å². The topological polar surface area (TPSA) is 37.1 Å². The van der Waals surface area contributed by atoms with E-state index in [9.17, 15) is 8.42 Å². The molecule has 0 N–H and O–H groups in total. The molecule has 1 saturated heterocycles. The zero-order valence-corrected chi connectivity index (χ0v) is 10.7. The number of hydrogen-bond donors (Lipinski definition) is 0. The summed E-state index contributed by atoms with van der Waals surface area (Å²) < 4.78 is 26.0. The molecule has 16 heavy (non-hydrogen) atoms. The van der Waals surface area contributed by atoms with Gasteiger partial charge in [0.25, 0.3) is 0 Å². The lowest BCUT2D eigenvalue weighted by molar-refractivity contribution is 0.545. The van der Waals surface area contributed by atoms with E-state index in [1.807, 2.05) is 32.9 Å². The summed E-state index contributed by atoms with van der Waals surface area (Å²) in [6.45, 7) is 5.93. The van der Waals surface area contributed by atoms with Crippen molar-refractivity contribution in [1.82, 2.24) is 4.31 Å². The summed E-state index contributed by atoms with van der Waals surface area (Å²) in [5.41, 5.74) is 1.07. The lowest BCUT2D eigenvalue weighted by atomic mass is 10.2. The van der Waals surface area contributed by atoms with E-state index < -0.39 is 10.0 Å². The molecule has 0 radical (unpaired) electrons. The smallest absolute Gasteiger partial charge is 0.207 e. The third-order valence-electron chi connectivity index (χ3n) is 3.21. The minimum atomic E-state index is -3.26. The van der Waals surface area contributed by atoms with E-state index in [1.54, 1.807) is 16.4 Å². The second kappa shape index (κ2) is 3.86. The van der Waals surface area contributed by atoms with Crippen molar-refractivity contribution in [1.29, 1.82) is 0 Å². The largest absolute Gasteiger partial charge is 0.243 e. The Morgan fingerprint density at radius 3 is 2.25 bits per heavy atom. The van der Waals surface area contributed by atoms with Crippen LogP contribution in [0.3, 0.4) is 0 Å². The molecule has 3 nitrogen and oxygen atoms in total. The summed E-state index contributed by atoms with van der Waals surface area (Å²) >= 11 is 0. The molecule has 2 rings (SSSR count). The summed E-state index contributed by atoms with van der Waals surface area (Å²) in [4.78, 5) is 0.404. The van der Waals surface area contributed by atoms with Crippen molar-refractivity contribution in [3.8, 4) is 0 Å².